The zero-order valence-electron chi connectivity index (χ0n) is 12.4. The van der Waals surface area contributed by atoms with Gasteiger partial charge in [0.2, 0.25) is 0 Å². The Balaban J connectivity index is 1.65. The van der Waals surface area contributed by atoms with Crippen LogP contribution in [-0.2, 0) is 6.42 Å². The largest absolute Gasteiger partial charge is 0.493 e. The lowest BCUT2D eigenvalue weighted by Gasteiger charge is -2.30. The minimum absolute atomic E-state index is 0.501. The van der Waals surface area contributed by atoms with Crippen molar-refractivity contribution < 1.29 is 4.74 Å². The number of hydrogen-bond acceptors (Lipinski definition) is 2. The van der Waals surface area contributed by atoms with Crippen molar-refractivity contribution in [1.29, 1.82) is 0 Å². The molecule has 3 atom stereocenters. The molecular weight excluding hydrogens is 246 g/mol. The van der Waals surface area contributed by atoms with Gasteiger partial charge in [-0.2, -0.15) is 0 Å². The maximum atomic E-state index is 6.04. The number of para-hydroxylation sites is 1. The van der Waals surface area contributed by atoms with E-state index in [0.717, 1.165) is 37.3 Å². The molecule has 1 aliphatic heterocycles. The van der Waals surface area contributed by atoms with Crippen LogP contribution in [0.3, 0.4) is 0 Å². The highest BCUT2D eigenvalue weighted by atomic mass is 16.5. The van der Waals surface area contributed by atoms with E-state index in [-0.39, 0.29) is 0 Å². The molecule has 2 saturated carbocycles. The second-order valence-corrected chi connectivity index (χ2v) is 6.81. The van der Waals surface area contributed by atoms with E-state index >= 15 is 0 Å². The fourth-order valence-electron chi connectivity index (χ4n) is 4.44. The Morgan fingerprint density at radius 1 is 1.25 bits per heavy atom. The third kappa shape index (κ3) is 2.14. The van der Waals surface area contributed by atoms with Gasteiger partial charge in [0.15, 0.2) is 0 Å². The SMILES string of the molecule is CCNC(c1cccc2c1OCCC2)C1CC2CC2C1. The molecule has 0 amide bonds. The molecule has 2 aliphatic carbocycles. The summed E-state index contributed by atoms with van der Waals surface area (Å²) in [6.07, 6.45) is 6.69. The number of benzene rings is 1. The van der Waals surface area contributed by atoms with E-state index in [4.69, 9.17) is 4.74 Å². The van der Waals surface area contributed by atoms with Gasteiger partial charge in [-0.05, 0) is 62.0 Å². The first-order valence-electron chi connectivity index (χ1n) is 8.34. The molecule has 1 aromatic carbocycles. The number of ether oxygens (including phenoxy) is 1. The highest BCUT2D eigenvalue weighted by molar-refractivity contribution is 5.45. The quantitative estimate of drug-likeness (QED) is 0.901. The number of nitrogens with one attached hydrogen (secondary N) is 1. The second-order valence-electron chi connectivity index (χ2n) is 6.81. The van der Waals surface area contributed by atoms with Crippen LogP contribution in [0.25, 0.3) is 0 Å². The van der Waals surface area contributed by atoms with Crippen LogP contribution in [0.2, 0.25) is 0 Å². The van der Waals surface area contributed by atoms with Crippen LogP contribution in [-0.4, -0.2) is 13.2 Å². The zero-order chi connectivity index (χ0) is 13.5. The van der Waals surface area contributed by atoms with Crippen molar-refractivity contribution in [3.05, 3.63) is 29.3 Å². The van der Waals surface area contributed by atoms with Crippen molar-refractivity contribution in [1.82, 2.24) is 5.32 Å². The molecule has 0 radical (unpaired) electrons. The van der Waals surface area contributed by atoms with Gasteiger partial charge in [-0.1, -0.05) is 25.1 Å². The highest BCUT2D eigenvalue weighted by Crippen LogP contribution is 2.57. The van der Waals surface area contributed by atoms with E-state index in [9.17, 15) is 0 Å². The van der Waals surface area contributed by atoms with Gasteiger partial charge in [-0.25, -0.2) is 0 Å². The average Bonchev–Trinajstić information content (AvgIpc) is 3.11. The molecule has 0 bridgehead atoms. The van der Waals surface area contributed by atoms with E-state index in [1.165, 1.54) is 42.6 Å². The third-order valence-corrected chi connectivity index (χ3v) is 5.47. The van der Waals surface area contributed by atoms with Gasteiger partial charge >= 0.3 is 0 Å². The summed E-state index contributed by atoms with van der Waals surface area (Å²) in [7, 11) is 0. The van der Waals surface area contributed by atoms with Crippen LogP contribution in [0, 0.1) is 17.8 Å². The predicted molar refractivity (Wildman–Crippen MR) is 81.0 cm³/mol. The van der Waals surface area contributed by atoms with Crippen molar-refractivity contribution in [2.45, 2.75) is 45.1 Å². The summed E-state index contributed by atoms with van der Waals surface area (Å²) >= 11 is 0. The Bertz CT molecular complexity index is 488. The predicted octanol–water partition coefficient (Wildman–Crippen LogP) is 3.71. The van der Waals surface area contributed by atoms with E-state index < -0.39 is 0 Å². The Labute approximate surface area is 121 Å². The molecule has 1 aromatic rings. The van der Waals surface area contributed by atoms with Gasteiger partial charge in [0.1, 0.15) is 5.75 Å². The van der Waals surface area contributed by atoms with Crippen LogP contribution in [0.5, 0.6) is 5.75 Å². The summed E-state index contributed by atoms with van der Waals surface area (Å²) in [4.78, 5) is 0. The first-order valence-corrected chi connectivity index (χ1v) is 8.34. The van der Waals surface area contributed by atoms with Gasteiger partial charge in [-0.15, -0.1) is 0 Å². The topological polar surface area (TPSA) is 21.3 Å². The molecule has 4 rings (SSSR count). The fraction of sp³-hybridized carbons (Fsp3) is 0.667. The standard InChI is InChI=1S/C18H25NO/c1-2-19-17(15-10-13-9-14(13)11-15)16-7-3-5-12-6-4-8-20-18(12)16/h3,5,7,13-15,17,19H,2,4,6,8-11H2,1H3. The molecule has 0 spiro atoms. The molecule has 2 heteroatoms. The van der Waals surface area contributed by atoms with Crippen LogP contribution < -0.4 is 10.1 Å². The summed E-state index contributed by atoms with van der Waals surface area (Å²) in [6.45, 7) is 4.15. The number of rotatable bonds is 4. The monoisotopic (exact) mass is 271 g/mol. The Hall–Kier alpha value is -1.02. The van der Waals surface area contributed by atoms with Crippen LogP contribution in [0.4, 0.5) is 0 Å². The Morgan fingerprint density at radius 3 is 2.90 bits per heavy atom. The van der Waals surface area contributed by atoms with E-state index in [1.54, 1.807) is 0 Å². The number of hydrogen-bond donors (Lipinski definition) is 1. The van der Waals surface area contributed by atoms with Crippen LogP contribution in [0.15, 0.2) is 18.2 Å². The van der Waals surface area contributed by atoms with Gasteiger partial charge in [0, 0.05) is 11.6 Å². The third-order valence-electron chi connectivity index (χ3n) is 5.47. The molecule has 2 nitrogen and oxygen atoms in total. The minimum atomic E-state index is 0.501. The molecule has 3 unspecified atom stereocenters. The average molecular weight is 271 g/mol. The maximum absolute atomic E-state index is 6.04. The lowest BCUT2D eigenvalue weighted by atomic mass is 9.87. The molecular formula is C18H25NO. The lowest BCUT2D eigenvalue weighted by molar-refractivity contribution is 0.271. The Kier molecular flexibility index (Phi) is 3.22. The summed E-state index contributed by atoms with van der Waals surface area (Å²) in [5, 5.41) is 3.75. The number of fused-ring (bicyclic) bond motifs is 2. The van der Waals surface area contributed by atoms with Crippen molar-refractivity contribution in [3.8, 4) is 5.75 Å². The molecule has 0 aromatic heterocycles. The lowest BCUT2D eigenvalue weighted by Crippen LogP contribution is -2.29. The molecule has 2 fully saturated rings. The normalized spacial score (nSPS) is 32.1. The van der Waals surface area contributed by atoms with Crippen molar-refractivity contribution in [3.63, 3.8) is 0 Å². The summed E-state index contributed by atoms with van der Waals surface area (Å²) < 4.78 is 6.04. The first-order chi connectivity index (χ1) is 9.86. The smallest absolute Gasteiger partial charge is 0.127 e. The number of aryl methyl sites for hydroxylation is 1. The minimum Gasteiger partial charge on any atom is -0.493 e. The van der Waals surface area contributed by atoms with E-state index in [1.807, 2.05) is 0 Å². The van der Waals surface area contributed by atoms with Gasteiger partial charge in [0.05, 0.1) is 6.61 Å². The summed E-state index contributed by atoms with van der Waals surface area (Å²) in [5.74, 6) is 4.10. The summed E-state index contributed by atoms with van der Waals surface area (Å²) in [5.41, 5.74) is 2.84. The highest BCUT2D eigenvalue weighted by Gasteiger charge is 2.48. The first kappa shape index (κ1) is 12.7. The molecule has 1 N–H and O–H groups in total. The molecule has 108 valence electrons. The zero-order valence-corrected chi connectivity index (χ0v) is 12.4. The van der Waals surface area contributed by atoms with Gasteiger partial charge < -0.3 is 10.1 Å². The molecule has 20 heavy (non-hydrogen) atoms. The fourth-order valence-corrected chi connectivity index (χ4v) is 4.44. The summed E-state index contributed by atoms with van der Waals surface area (Å²) in [6, 6.07) is 7.26. The van der Waals surface area contributed by atoms with Crippen LogP contribution in [0.1, 0.15) is 49.8 Å². The van der Waals surface area contributed by atoms with E-state index in [0.29, 0.717) is 6.04 Å². The van der Waals surface area contributed by atoms with Gasteiger partial charge in [-0.3, -0.25) is 0 Å². The van der Waals surface area contributed by atoms with Crippen molar-refractivity contribution in [2.24, 2.45) is 17.8 Å². The molecule has 3 aliphatic rings. The van der Waals surface area contributed by atoms with E-state index in [2.05, 4.69) is 30.4 Å². The van der Waals surface area contributed by atoms with Crippen molar-refractivity contribution in [2.75, 3.05) is 13.2 Å². The van der Waals surface area contributed by atoms with Crippen molar-refractivity contribution >= 4 is 0 Å². The molecule has 0 saturated heterocycles. The Morgan fingerprint density at radius 2 is 2.10 bits per heavy atom. The second kappa shape index (κ2) is 5.07. The molecule has 1 heterocycles. The van der Waals surface area contributed by atoms with Crippen LogP contribution >= 0.6 is 0 Å². The maximum Gasteiger partial charge on any atom is 0.127 e. The van der Waals surface area contributed by atoms with Gasteiger partial charge in [0.25, 0.3) is 0 Å².